The van der Waals surface area contributed by atoms with E-state index in [0.717, 1.165) is 15.8 Å². The summed E-state index contributed by atoms with van der Waals surface area (Å²) in [5, 5.41) is 11.1. The molecule has 0 saturated carbocycles. The van der Waals surface area contributed by atoms with Crippen molar-refractivity contribution < 1.29 is 4.74 Å². The van der Waals surface area contributed by atoms with Crippen LogP contribution >= 0.6 is 27.3 Å². The third kappa shape index (κ3) is 3.40. The molecule has 0 bridgehead atoms. The Morgan fingerprint density at radius 2 is 2.20 bits per heavy atom. The van der Waals surface area contributed by atoms with Gasteiger partial charge in [-0.3, -0.25) is 0 Å². The van der Waals surface area contributed by atoms with Crippen molar-refractivity contribution >= 4 is 27.3 Å². The van der Waals surface area contributed by atoms with Crippen LogP contribution in [0.5, 0.6) is 5.75 Å². The highest BCUT2D eigenvalue weighted by Crippen LogP contribution is 2.32. The van der Waals surface area contributed by atoms with E-state index in [2.05, 4.69) is 22.0 Å². The molecule has 3 nitrogen and oxygen atoms in total. The van der Waals surface area contributed by atoms with Gasteiger partial charge in [-0.15, -0.1) is 11.3 Å². The number of nitriles is 1. The average molecular weight is 351 g/mol. The Labute approximate surface area is 131 Å². The summed E-state index contributed by atoms with van der Waals surface area (Å²) in [6.45, 7) is 2.03. The monoisotopic (exact) mass is 350 g/mol. The van der Waals surface area contributed by atoms with Crippen LogP contribution in [-0.4, -0.2) is 6.04 Å². The topological polar surface area (TPSA) is 59.0 Å². The number of benzene rings is 1. The third-order valence-corrected chi connectivity index (χ3v) is 4.74. The SMILES string of the molecule is CCC(N)C(Oc1ccccc1C#N)c1cc(Br)cs1. The maximum Gasteiger partial charge on any atom is 0.148 e. The number of hydrogen-bond acceptors (Lipinski definition) is 4. The van der Waals surface area contributed by atoms with Gasteiger partial charge in [0.05, 0.1) is 5.56 Å². The van der Waals surface area contributed by atoms with E-state index < -0.39 is 0 Å². The van der Waals surface area contributed by atoms with E-state index in [9.17, 15) is 0 Å². The molecule has 0 saturated heterocycles. The summed E-state index contributed by atoms with van der Waals surface area (Å²) in [5.41, 5.74) is 6.71. The van der Waals surface area contributed by atoms with E-state index in [1.54, 1.807) is 23.5 Å². The highest BCUT2D eigenvalue weighted by molar-refractivity contribution is 9.10. The first-order valence-corrected chi connectivity index (χ1v) is 7.98. The molecule has 0 fully saturated rings. The maximum absolute atomic E-state index is 9.14. The molecule has 2 rings (SSSR count). The molecule has 0 aliphatic rings. The third-order valence-electron chi connectivity index (χ3n) is 2.99. The first-order chi connectivity index (χ1) is 9.65. The normalized spacial score (nSPS) is 13.5. The summed E-state index contributed by atoms with van der Waals surface area (Å²) >= 11 is 5.05. The second-order valence-corrected chi connectivity index (χ2v) is 6.24. The summed E-state index contributed by atoms with van der Waals surface area (Å²) in [6.07, 6.45) is 0.556. The largest absolute Gasteiger partial charge is 0.482 e. The lowest BCUT2D eigenvalue weighted by molar-refractivity contribution is 0.174. The van der Waals surface area contributed by atoms with Crippen LogP contribution in [0.25, 0.3) is 0 Å². The van der Waals surface area contributed by atoms with Crippen LogP contribution in [0.2, 0.25) is 0 Å². The second-order valence-electron chi connectivity index (χ2n) is 4.39. The maximum atomic E-state index is 9.14. The van der Waals surface area contributed by atoms with Crippen molar-refractivity contribution in [2.24, 2.45) is 5.73 Å². The number of halogens is 1. The lowest BCUT2D eigenvalue weighted by atomic mass is 10.1. The van der Waals surface area contributed by atoms with Gasteiger partial charge in [-0.2, -0.15) is 5.26 Å². The van der Waals surface area contributed by atoms with Crippen LogP contribution < -0.4 is 10.5 Å². The van der Waals surface area contributed by atoms with Gasteiger partial charge < -0.3 is 10.5 Å². The minimum absolute atomic E-state index is 0.118. The Morgan fingerprint density at radius 1 is 1.45 bits per heavy atom. The molecule has 1 aromatic heterocycles. The molecule has 2 N–H and O–H groups in total. The molecular weight excluding hydrogens is 336 g/mol. The molecule has 20 heavy (non-hydrogen) atoms. The van der Waals surface area contributed by atoms with Gasteiger partial charge in [0.15, 0.2) is 0 Å². The Bertz CT molecular complexity index is 620. The standard InChI is InChI=1S/C15H15BrN2OS/c1-2-12(18)15(14-7-11(16)9-20-14)19-13-6-4-3-5-10(13)8-17/h3-7,9,12,15H,2,18H2,1H3. The van der Waals surface area contributed by atoms with Crippen LogP contribution in [0.15, 0.2) is 40.2 Å². The van der Waals surface area contributed by atoms with Gasteiger partial charge in [0.1, 0.15) is 17.9 Å². The van der Waals surface area contributed by atoms with Gasteiger partial charge in [-0.05, 0) is 40.5 Å². The van der Waals surface area contributed by atoms with E-state index in [1.165, 1.54) is 0 Å². The average Bonchev–Trinajstić information content (AvgIpc) is 2.90. The minimum Gasteiger partial charge on any atom is -0.482 e. The fourth-order valence-corrected chi connectivity index (χ4v) is 3.39. The predicted molar refractivity (Wildman–Crippen MR) is 84.8 cm³/mol. The van der Waals surface area contributed by atoms with Crippen molar-refractivity contribution in [3.05, 3.63) is 50.6 Å². The molecule has 0 aliphatic heterocycles. The van der Waals surface area contributed by atoms with Crippen LogP contribution in [-0.2, 0) is 0 Å². The summed E-state index contributed by atoms with van der Waals surface area (Å²) in [7, 11) is 0. The Hall–Kier alpha value is -1.35. The summed E-state index contributed by atoms with van der Waals surface area (Å²) in [4.78, 5) is 1.05. The summed E-state index contributed by atoms with van der Waals surface area (Å²) < 4.78 is 7.05. The molecule has 2 aromatic rings. The number of nitrogens with two attached hydrogens (primary N) is 1. The van der Waals surface area contributed by atoms with Crippen LogP contribution in [0.1, 0.15) is 29.9 Å². The first kappa shape index (κ1) is 15.0. The van der Waals surface area contributed by atoms with Gasteiger partial charge in [-0.25, -0.2) is 0 Å². The van der Waals surface area contributed by atoms with Gasteiger partial charge in [0.25, 0.3) is 0 Å². The second kappa shape index (κ2) is 6.89. The fraction of sp³-hybridized carbons (Fsp3) is 0.267. The van der Waals surface area contributed by atoms with Crippen molar-refractivity contribution in [2.75, 3.05) is 0 Å². The molecule has 0 spiro atoms. The molecule has 2 atom stereocenters. The van der Waals surface area contributed by atoms with Crippen molar-refractivity contribution in [3.63, 3.8) is 0 Å². The molecular formula is C15H15BrN2OS. The van der Waals surface area contributed by atoms with E-state index in [0.29, 0.717) is 11.3 Å². The molecule has 1 aromatic carbocycles. The molecule has 0 radical (unpaired) electrons. The number of rotatable bonds is 5. The van der Waals surface area contributed by atoms with E-state index >= 15 is 0 Å². The van der Waals surface area contributed by atoms with E-state index in [1.807, 2.05) is 30.5 Å². The highest BCUT2D eigenvalue weighted by atomic mass is 79.9. The lowest BCUT2D eigenvalue weighted by Crippen LogP contribution is -2.31. The zero-order valence-corrected chi connectivity index (χ0v) is 13.4. The van der Waals surface area contributed by atoms with Crippen molar-refractivity contribution in [1.29, 1.82) is 5.26 Å². The van der Waals surface area contributed by atoms with Crippen LogP contribution in [0.3, 0.4) is 0 Å². The summed E-state index contributed by atoms with van der Waals surface area (Å²) in [5.74, 6) is 0.577. The number of ether oxygens (including phenoxy) is 1. The van der Waals surface area contributed by atoms with Crippen LogP contribution in [0.4, 0.5) is 0 Å². The number of para-hydroxylation sites is 1. The fourth-order valence-electron chi connectivity index (χ4n) is 1.85. The molecule has 5 heteroatoms. The first-order valence-electron chi connectivity index (χ1n) is 6.31. The number of thiophene rings is 1. The van der Waals surface area contributed by atoms with Crippen molar-refractivity contribution in [3.8, 4) is 11.8 Å². The molecule has 104 valence electrons. The van der Waals surface area contributed by atoms with Gasteiger partial charge in [0, 0.05) is 20.8 Å². The molecule has 1 heterocycles. The Kier molecular flexibility index (Phi) is 5.18. The van der Waals surface area contributed by atoms with Crippen molar-refractivity contribution in [1.82, 2.24) is 0 Å². The van der Waals surface area contributed by atoms with Gasteiger partial charge in [-0.1, -0.05) is 19.1 Å². The zero-order valence-electron chi connectivity index (χ0n) is 11.0. The molecule has 0 aliphatic carbocycles. The molecule has 0 amide bonds. The Balaban J connectivity index is 2.31. The highest BCUT2D eigenvalue weighted by Gasteiger charge is 2.23. The zero-order chi connectivity index (χ0) is 14.5. The Morgan fingerprint density at radius 3 is 2.80 bits per heavy atom. The molecule has 2 unspecified atom stereocenters. The van der Waals surface area contributed by atoms with E-state index in [-0.39, 0.29) is 12.1 Å². The predicted octanol–water partition coefficient (Wildman–Crippen LogP) is 4.24. The van der Waals surface area contributed by atoms with E-state index in [4.69, 9.17) is 15.7 Å². The smallest absolute Gasteiger partial charge is 0.148 e. The lowest BCUT2D eigenvalue weighted by Gasteiger charge is -2.23. The van der Waals surface area contributed by atoms with Crippen LogP contribution in [0, 0.1) is 11.3 Å². The van der Waals surface area contributed by atoms with Crippen molar-refractivity contribution in [2.45, 2.75) is 25.5 Å². The minimum atomic E-state index is -0.245. The number of nitrogens with zero attached hydrogens (tertiary/aromatic N) is 1. The quantitative estimate of drug-likeness (QED) is 0.877. The summed E-state index contributed by atoms with van der Waals surface area (Å²) in [6, 6.07) is 11.3. The van der Waals surface area contributed by atoms with Gasteiger partial charge >= 0.3 is 0 Å². The van der Waals surface area contributed by atoms with Gasteiger partial charge in [0.2, 0.25) is 0 Å². The number of hydrogen-bond donors (Lipinski definition) is 1.